The molecule has 6 nitrogen and oxygen atoms in total. The monoisotopic (exact) mass is 392 g/mol. The highest BCUT2D eigenvalue weighted by atomic mass is 35.5. The van der Waals surface area contributed by atoms with E-state index in [9.17, 15) is 4.79 Å². The SMILES string of the molecule is CCOC(=O)[C@]12C[C@@H]1[C@H](n1cnc3c(Cl)nc(SC)nc31)[C@H]1[C@@H]2C1(C)C. The third-order valence-corrected chi connectivity index (χ3v) is 7.63. The van der Waals surface area contributed by atoms with E-state index in [4.69, 9.17) is 16.3 Å². The fraction of sp³-hybridized carbons (Fsp3) is 0.667. The predicted molar refractivity (Wildman–Crippen MR) is 99.1 cm³/mol. The molecule has 26 heavy (non-hydrogen) atoms. The van der Waals surface area contributed by atoms with Gasteiger partial charge >= 0.3 is 5.97 Å². The summed E-state index contributed by atoms with van der Waals surface area (Å²) in [5.74, 6) is 1.09. The molecule has 2 heterocycles. The Morgan fingerprint density at radius 3 is 2.92 bits per heavy atom. The molecule has 0 spiro atoms. The Morgan fingerprint density at radius 1 is 1.46 bits per heavy atom. The number of nitrogens with zero attached hydrogens (tertiary/aromatic N) is 4. The zero-order valence-corrected chi connectivity index (χ0v) is 16.8. The van der Waals surface area contributed by atoms with Crippen LogP contribution < -0.4 is 0 Å². The molecule has 138 valence electrons. The number of fused-ring (bicyclic) bond motifs is 4. The number of ether oxygens (including phenoxy) is 1. The topological polar surface area (TPSA) is 69.9 Å². The van der Waals surface area contributed by atoms with Crippen LogP contribution in [-0.2, 0) is 9.53 Å². The van der Waals surface area contributed by atoms with Crippen LogP contribution >= 0.6 is 23.4 Å². The second kappa shape index (κ2) is 5.13. The molecule has 0 aliphatic heterocycles. The molecule has 5 atom stereocenters. The van der Waals surface area contributed by atoms with Crippen molar-refractivity contribution in [2.75, 3.05) is 12.9 Å². The molecule has 8 heteroatoms. The minimum atomic E-state index is -0.315. The van der Waals surface area contributed by atoms with Crippen molar-refractivity contribution < 1.29 is 9.53 Å². The number of esters is 1. The van der Waals surface area contributed by atoms with Crippen LogP contribution in [0.25, 0.3) is 11.2 Å². The number of thioether (sulfide) groups is 1. The smallest absolute Gasteiger partial charge is 0.312 e. The van der Waals surface area contributed by atoms with Crippen molar-refractivity contribution in [3.8, 4) is 0 Å². The second-order valence-corrected chi connectivity index (χ2v) is 9.34. The average molecular weight is 393 g/mol. The molecule has 3 saturated carbocycles. The first kappa shape index (κ1) is 16.8. The quantitative estimate of drug-likeness (QED) is 0.342. The minimum Gasteiger partial charge on any atom is -0.466 e. The van der Waals surface area contributed by atoms with E-state index in [1.54, 1.807) is 0 Å². The van der Waals surface area contributed by atoms with Crippen LogP contribution in [0.15, 0.2) is 11.5 Å². The van der Waals surface area contributed by atoms with Gasteiger partial charge in [0.2, 0.25) is 0 Å². The fourth-order valence-electron chi connectivity index (χ4n) is 5.80. The van der Waals surface area contributed by atoms with Crippen LogP contribution in [0.5, 0.6) is 0 Å². The molecule has 0 N–H and O–H groups in total. The molecule has 0 saturated heterocycles. The van der Waals surface area contributed by atoms with Crippen LogP contribution in [-0.4, -0.2) is 38.4 Å². The maximum atomic E-state index is 12.8. The van der Waals surface area contributed by atoms with Crippen LogP contribution in [0, 0.1) is 28.6 Å². The molecule has 2 aromatic heterocycles. The maximum absolute atomic E-state index is 12.8. The Hall–Kier alpha value is -1.34. The molecule has 2 aromatic rings. The first-order valence-electron chi connectivity index (χ1n) is 8.99. The van der Waals surface area contributed by atoms with E-state index >= 15 is 0 Å². The van der Waals surface area contributed by atoms with Crippen molar-refractivity contribution in [2.45, 2.75) is 38.4 Å². The van der Waals surface area contributed by atoms with E-state index in [1.807, 2.05) is 19.5 Å². The molecular formula is C18H21ClN4O2S. The van der Waals surface area contributed by atoms with E-state index in [0.717, 1.165) is 12.1 Å². The molecule has 5 rings (SSSR count). The zero-order valence-electron chi connectivity index (χ0n) is 15.2. The van der Waals surface area contributed by atoms with Gasteiger partial charge in [-0.2, -0.15) is 0 Å². The van der Waals surface area contributed by atoms with Gasteiger partial charge in [0, 0.05) is 6.04 Å². The summed E-state index contributed by atoms with van der Waals surface area (Å²) in [5.41, 5.74) is 1.21. The number of hydrogen-bond donors (Lipinski definition) is 0. The summed E-state index contributed by atoms with van der Waals surface area (Å²) in [6.07, 6.45) is 4.65. The third kappa shape index (κ3) is 1.86. The van der Waals surface area contributed by atoms with Crippen molar-refractivity contribution in [2.24, 2.45) is 28.6 Å². The maximum Gasteiger partial charge on any atom is 0.312 e. The highest BCUT2D eigenvalue weighted by Gasteiger charge is 2.88. The van der Waals surface area contributed by atoms with E-state index in [1.165, 1.54) is 11.8 Å². The summed E-state index contributed by atoms with van der Waals surface area (Å²) in [4.78, 5) is 26.2. The normalized spacial score (nSPS) is 35.9. The van der Waals surface area contributed by atoms with Gasteiger partial charge in [-0.05, 0) is 42.8 Å². The predicted octanol–water partition coefficient (Wildman–Crippen LogP) is 3.60. The Balaban J connectivity index is 1.61. The van der Waals surface area contributed by atoms with Crippen LogP contribution in [0.2, 0.25) is 5.15 Å². The molecule has 0 bridgehead atoms. The number of rotatable bonds is 4. The van der Waals surface area contributed by atoms with Crippen LogP contribution in [0.1, 0.15) is 33.2 Å². The van der Waals surface area contributed by atoms with Crippen LogP contribution in [0.4, 0.5) is 0 Å². The van der Waals surface area contributed by atoms with Gasteiger partial charge in [0.05, 0.1) is 18.3 Å². The summed E-state index contributed by atoms with van der Waals surface area (Å²) >= 11 is 7.78. The van der Waals surface area contributed by atoms with Crippen molar-refractivity contribution in [1.82, 2.24) is 19.5 Å². The lowest BCUT2D eigenvalue weighted by Gasteiger charge is -2.22. The standard InChI is InChI=1S/C18H21ClN4O2S/c1-5-25-15(24)18-6-8(18)11(9-12(18)17(9,2)3)23-7-20-10-13(19)21-16(26-4)22-14(10)23/h7-9,11-12H,5-6H2,1-4H3/t8-,9+,11+,12-,18-/m1/s1. The summed E-state index contributed by atoms with van der Waals surface area (Å²) < 4.78 is 7.60. The molecule has 0 unspecified atom stereocenters. The number of halogens is 1. The van der Waals surface area contributed by atoms with Crippen molar-refractivity contribution >= 4 is 40.5 Å². The van der Waals surface area contributed by atoms with E-state index in [-0.39, 0.29) is 22.8 Å². The van der Waals surface area contributed by atoms with Crippen molar-refractivity contribution in [3.05, 3.63) is 11.5 Å². The largest absolute Gasteiger partial charge is 0.466 e. The molecule has 0 radical (unpaired) electrons. The summed E-state index contributed by atoms with van der Waals surface area (Å²) in [5, 5.41) is 1.02. The highest BCUT2D eigenvalue weighted by Crippen LogP contribution is 2.88. The highest BCUT2D eigenvalue weighted by molar-refractivity contribution is 7.98. The number of hydrogen-bond acceptors (Lipinski definition) is 6. The van der Waals surface area contributed by atoms with Gasteiger partial charge < -0.3 is 9.30 Å². The summed E-state index contributed by atoms with van der Waals surface area (Å²) in [6.45, 7) is 6.84. The molecule has 3 fully saturated rings. The third-order valence-electron chi connectivity index (χ3n) is 6.82. The number of aromatic nitrogens is 4. The molecule has 3 aliphatic rings. The Bertz CT molecular complexity index is 945. The lowest BCUT2D eigenvalue weighted by atomic mass is 9.90. The number of carbonyl (C=O) groups is 1. The summed E-state index contributed by atoms with van der Waals surface area (Å²) in [6, 6.07) is 0.213. The lowest BCUT2D eigenvalue weighted by Crippen LogP contribution is -2.26. The Labute approximate surface area is 161 Å². The lowest BCUT2D eigenvalue weighted by molar-refractivity contribution is -0.151. The van der Waals surface area contributed by atoms with Gasteiger partial charge in [-0.3, -0.25) is 4.79 Å². The average Bonchev–Trinajstić information content (AvgIpc) is 3.32. The van der Waals surface area contributed by atoms with E-state index in [0.29, 0.717) is 40.2 Å². The van der Waals surface area contributed by atoms with Gasteiger partial charge in [-0.1, -0.05) is 37.2 Å². The first-order valence-corrected chi connectivity index (χ1v) is 10.6. The summed E-state index contributed by atoms with van der Waals surface area (Å²) in [7, 11) is 0. The fourth-order valence-corrected chi connectivity index (χ4v) is 6.43. The van der Waals surface area contributed by atoms with Gasteiger partial charge in [-0.15, -0.1) is 0 Å². The Kier molecular flexibility index (Phi) is 3.32. The Morgan fingerprint density at radius 2 is 2.23 bits per heavy atom. The molecule has 0 amide bonds. The number of carbonyl (C=O) groups excluding carboxylic acids is 1. The van der Waals surface area contributed by atoms with Gasteiger partial charge in [0.15, 0.2) is 16.0 Å². The number of imidazole rings is 1. The van der Waals surface area contributed by atoms with Crippen molar-refractivity contribution in [1.29, 1.82) is 0 Å². The molecule has 0 aromatic carbocycles. The minimum absolute atomic E-state index is 0.0186. The van der Waals surface area contributed by atoms with Crippen molar-refractivity contribution in [3.63, 3.8) is 0 Å². The molecular weight excluding hydrogens is 372 g/mol. The van der Waals surface area contributed by atoms with E-state index < -0.39 is 0 Å². The van der Waals surface area contributed by atoms with Gasteiger partial charge in [0.25, 0.3) is 0 Å². The van der Waals surface area contributed by atoms with Gasteiger partial charge in [-0.25, -0.2) is 15.0 Å². The van der Waals surface area contributed by atoms with E-state index in [2.05, 4.69) is 33.4 Å². The van der Waals surface area contributed by atoms with Gasteiger partial charge in [0.1, 0.15) is 5.52 Å². The van der Waals surface area contributed by atoms with Crippen LogP contribution in [0.3, 0.4) is 0 Å². The second-order valence-electron chi connectivity index (χ2n) is 8.21. The molecule has 3 aliphatic carbocycles. The first-order chi connectivity index (χ1) is 12.4. The zero-order chi connectivity index (χ0) is 18.4.